The highest BCUT2D eigenvalue weighted by Gasteiger charge is 2.51. The highest BCUT2D eigenvalue weighted by atomic mass is 16.7. The van der Waals surface area contributed by atoms with E-state index in [0.717, 1.165) is 12.4 Å². The first-order valence-electron chi connectivity index (χ1n) is 6.21. The monoisotopic (exact) mass is 236 g/mol. The molecule has 1 aliphatic rings. The van der Waals surface area contributed by atoms with Crippen LogP contribution in [0.4, 0.5) is 0 Å². The first kappa shape index (κ1) is 12.6. The third-order valence-corrected chi connectivity index (χ3v) is 3.79. The molecule has 0 aromatic carbocycles. The molecule has 1 saturated heterocycles. The average Bonchev–Trinajstić information content (AvgIpc) is 2.70. The van der Waals surface area contributed by atoms with Gasteiger partial charge in [0.1, 0.15) is 5.82 Å². The van der Waals surface area contributed by atoms with Crippen molar-refractivity contribution in [2.75, 3.05) is 0 Å². The first-order valence-corrected chi connectivity index (χ1v) is 6.21. The normalized spacial score (nSPS) is 22.1. The molecule has 5 heteroatoms. The Morgan fingerprint density at radius 2 is 1.82 bits per heavy atom. The molecule has 1 aromatic heterocycles. The highest BCUT2D eigenvalue weighted by Crippen LogP contribution is 2.37. The molecule has 1 aliphatic heterocycles. The molecule has 17 heavy (non-hydrogen) atoms. The third-order valence-electron chi connectivity index (χ3n) is 3.79. The van der Waals surface area contributed by atoms with Crippen LogP contribution in [0.15, 0.2) is 12.4 Å². The standard InChI is InChI=1S/C12H21BN2O2/c1-6-15-8-7-14-10(15)9-13-16-11(2,3)12(4,5)17-13/h7-8H,6,9H2,1-5H3. The molecular weight excluding hydrogens is 215 g/mol. The molecule has 0 bridgehead atoms. The smallest absolute Gasteiger partial charge is 0.403 e. The molecule has 0 spiro atoms. The summed E-state index contributed by atoms with van der Waals surface area (Å²) in [6.07, 6.45) is 4.51. The Bertz CT molecular complexity index is 385. The second-order valence-corrected chi connectivity index (χ2v) is 5.52. The van der Waals surface area contributed by atoms with Crippen molar-refractivity contribution in [2.45, 2.75) is 58.7 Å². The fourth-order valence-electron chi connectivity index (χ4n) is 2.02. The molecule has 2 rings (SSSR count). The minimum atomic E-state index is -0.263. The van der Waals surface area contributed by atoms with Crippen LogP contribution in [0.25, 0.3) is 0 Å². The van der Waals surface area contributed by atoms with E-state index in [0.29, 0.717) is 6.32 Å². The molecule has 1 aromatic rings. The van der Waals surface area contributed by atoms with Crippen molar-refractivity contribution in [3.05, 3.63) is 18.2 Å². The number of nitrogens with zero attached hydrogens (tertiary/aromatic N) is 2. The number of hydrogen-bond acceptors (Lipinski definition) is 3. The summed E-state index contributed by atoms with van der Waals surface area (Å²) in [4.78, 5) is 4.35. The van der Waals surface area contributed by atoms with Crippen LogP contribution in [0.1, 0.15) is 40.4 Å². The van der Waals surface area contributed by atoms with Gasteiger partial charge >= 0.3 is 7.12 Å². The van der Waals surface area contributed by atoms with Crippen LogP contribution in [0.3, 0.4) is 0 Å². The van der Waals surface area contributed by atoms with Gasteiger partial charge in [0, 0.05) is 25.3 Å². The van der Waals surface area contributed by atoms with Gasteiger partial charge in [-0.25, -0.2) is 4.98 Å². The predicted octanol–water partition coefficient (Wildman–Crippen LogP) is 2.08. The third kappa shape index (κ3) is 2.26. The summed E-state index contributed by atoms with van der Waals surface area (Å²) in [5.41, 5.74) is -0.525. The molecule has 0 unspecified atom stereocenters. The van der Waals surface area contributed by atoms with E-state index in [1.807, 2.05) is 12.4 Å². The van der Waals surface area contributed by atoms with Crippen LogP contribution >= 0.6 is 0 Å². The van der Waals surface area contributed by atoms with E-state index in [-0.39, 0.29) is 18.3 Å². The first-order chi connectivity index (χ1) is 7.86. The zero-order valence-electron chi connectivity index (χ0n) is 11.4. The van der Waals surface area contributed by atoms with Gasteiger partial charge in [0.15, 0.2) is 0 Å². The minimum Gasteiger partial charge on any atom is -0.403 e. The van der Waals surface area contributed by atoms with Gasteiger partial charge in [-0.1, -0.05) is 0 Å². The lowest BCUT2D eigenvalue weighted by molar-refractivity contribution is 0.00578. The molecular formula is C12H21BN2O2. The lowest BCUT2D eigenvalue weighted by atomic mass is 9.84. The second kappa shape index (κ2) is 4.14. The molecule has 94 valence electrons. The van der Waals surface area contributed by atoms with E-state index < -0.39 is 0 Å². The van der Waals surface area contributed by atoms with Gasteiger partial charge in [0.2, 0.25) is 0 Å². The number of aromatic nitrogens is 2. The largest absolute Gasteiger partial charge is 0.465 e. The van der Waals surface area contributed by atoms with E-state index >= 15 is 0 Å². The van der Waals surface area contributed by atoms with E-state index in [2.05, 4.69) is 44.2 Å². The number of rotatable bonds is 3. The maximum absolute atomic E-state index is 5.96. The molecule has 0 N–H and O–H groups in total. The lowest BCUT2D eigenvalue weighted by Crippen LogP contribution is -2.41. The summed E-state index contributed by atoms with van der Waals surface area (Å²) < 4.78 is 14.0. The van der Waals surface area contributed by atoms with Crippen LogP contribution in [0.5, 0.6) is 0 Å². The maximum Gasteiger partial charge on any atom is 0.465 e. The van der Waals surface area contributed by atoms with Gasteiger partial charge in [0.05, 0.1) is 11.2 Å². The summed E-state index contributed by atoms with van der Waals surface area (Å²) >= 11 is 0. The summed E-state index contributed by atoms with van der Waals surface area (Å²) in [5.74, 6) is 1.02. The van der Waals surface area contributed by atoms with Gasteiger partial charge in [-0.05, 0) is 34.6 Å². The summed E-state index contributed by atoms with van der Waals surface area (Å²) in [6, 6.07) is 0. The second-order valence-electron chi connectivity index (χ2n) is 5.52. The van der Waals surface area contributed by atoms with Crippen molar-refractivity contribution in [3.8, 4) is 0 Å². The number of imidazole rings is 1. The number of aryl methyl sites for hydroxylation is 1. The van der Waals surface area contributed by atoms with Crippen molar-refractivity contribution >= 4 is 7.12 Å². The lowest BCUT2D eigenvalue weighted by Gasteiger charge is -2.32. The Kier molecular flexibility index (Phi) is 3.08. The van der Waals surface area contributed by atoms with Crippen molar-refractivity contribution in [2.24, 2.45) is 0 Å². The van der Waals surface area contributed by atoms with Crippen LogP contribution < -0.4 is 0 Å². The highest BCUT2D eigenvalue weighted by molar-refractivity contribution is 6.44. The zero-order valence-corrected chi connectivity index (χ0v) is 11.4. The fourth-order valence-corrected chi connectivity index (χ4v) is 2.02. The van der Waals surface area contributed by atoms with Crippen molar-refractivity contribution in [3.63, 3.8) is 0 Å². The van der Waals surface area contributed by atoms with Crippen molar-refractivity contribution in [1.82, 2.24) is 9.55 Å². The Labute approximate surface area is 103 Å². The van der Waals surface area contributed by atoms with Gasteiger partial charge in [-0.2, -0.15) is 0 Å². The molecule has 1 fully saturated rings. The summed E-state index contributed by atoms with van der Waals surface area (Å²) in [6.45, 7) is 11.3. The molecule has 0 radical (unpaired) electrons. The fraction of sp³-hybridized carbons (Fsp3) is 0.750. The average molecular weight is 236 g/mol. The molecule has 0 amide bonds. The molecule has 2 heterocycles. The van der Waals surface area contributed by atoms with Crippen LogP contribution in [0, 0.1) is 0 Å². The van der Waals surface area contributed by atoms with Crippen LogP contribution in [0.2, 0.25) is 0 Å². The SMILES string of the molecule is CCn1ccnc1CB1OC(C)(C)C(C)(C)O1. The quantitative estimate of drug-likeness (QED) is 0.754. The van der Waals surface area contributed by atoms with Gasteiger partial charge in [-0.15, -0.1) is 0 Å². The summed E-state index contributed by atoms with van der Waals surface area (Å²) in [5, 5.41) is 0. The van der Waals surface area contributed by atoms with E-state index in [1.54, 1.807) is 0 Å². The number of hydrogen-bond donors (Lipinski definition) is 0. The van der Waals surface area contributed by atoms with Gasteiger partial charge < -0.3 is 13.9 Å². The zero-order chi connectivity index (χ0) is 12.7. The van der Waals surface area contributed by atoms with Crippen LogP contribution in [-0.4, -0.2) is 27.9 Å². The molecule has 0 aliphatic carbocycles. The Balaban J connectivity index is 2.08. The van der Waals surface area contributed by atoms with Gasteiger partial charge in [0.25, 0.3) is 0 Å². The van der Waals surface area contributed by atoms with Crippen LogP contribution in [-0.2, 0) is 22.2 Å². The van der Waals surface area contributed by atoms with Crippen molar-refractivity contribution < 1.29 is 9.31 Å². The molecule has 0 atom stereocenters. The minimum absolute atomic E-state index is 0.201. The van der Waals surface area contributed by atoms with E-state index in [1.165, 1.54) is 0 Å². The Morgan fingerprint density at radius 3 is 2.35 bits per heavy atom. The van der Waals surface area contributed by atoms with E-state index in [4.69, 9.17) is 9.31 Å². The topological polar surface area (TPSA) is 36.3 Å². The van der Waals surface area contributed by atoms with Gasteiger partial charge in [-0.3, -0.25) is 0 Å². The Morgan fingerprint density at radius 1 is 1.24 bits per heavy atom. The molecule has 0 saturated carbocycles. The molecule has 4 nitrogen and oxygen atoms in total. The Hall–Kier alpha value is -0.805. The predicted molar refractivity (Wildman–Crippen MR) is 67.7 cm³/mol. The maximum atomic E-state index is 5.96. The summed E-state index contributed by atoms with van der Waals surface area (Å²) in [7, 11) is -0.201. The van der Waals surface area contributed by atoms with E-state index in [9.17, 15) is 0 Å². The van der Waals surface area contributed by atoms with Crippen molar-refractivity contribution in [1.29, 1.82) is 0 Å².